The van der Waals surface area contributed by atoms with Gasteiger partial charge in [-0.3, -0.25) is 0 Å². The van der Waals surface area contributed by atoms with Crippen molar-refractivity contribution in [3.63, 3.8) is 0 Å². The van der Waals surface area contributed by atoms with E-state index in [9.17, 15) is 0 Å². The maximum atomic E-state index is 6.47. The fraction of sp³-hybridized carbons (Fsp3) is 0.600. The predicted molar refractivity (Wildman–Crippen MR) is 103 cm³/mol. The minimum Gasteiger partial charge on any atom is -0.468 e. The van der Waals surface area contributed by atoms with Crippen molar-refractivity contribution in [3.8, 4) is 17.6 Å². The van der Waals surface area contributed by atoms with E-state index in [1.807, 2.05) is 19.1 Å². The van der Waals surface area contributed by atoms with Crippen LogP contribution in [-0.4, -0.2) is 28.3 Å². The highest BCUT2D eigenvalue weighted by molar-refractivity contribution is 6.74. The SMILES string of the molecule is CC#CC(CCc1ccc(OCOC)cc1)O[Si](C)(C)C(C)(C)C. The average molecular weight is 349 g/mol. The molecular weight excluding hydrogens is 316 g/mol. The van der Waals surface area contributed by atoms with Crippen molar-refractivity contribution < 1.29 is 13.9 Å². The molecule has 0 radical (unpaired) electrons. The molecule has 0 aliphatic carbocycles. The fourth-order valence-corrected chi connectivity index (χ4v) is 3.27. The lowest BCUT2D eigenvalue weighted by atomic mass is 10.1. The van der Waals surface area contributed by atoms with Gasteiger partial charge in [0.2, 0.25) is 0 Å². The Balaban J connectivity index is 2.65. The van der Waals surface area contributed by atoms with Crippen molar-refractivity contribution in [1.82, 2.24) is 0 Å². The minimum atomic E-state index is -1.80. The Kier molecular flexibility index (Phi) is 8.01. The van der Waals surface area contributed by atoms with Crippen molar-refractivity contribution in [2.75, 3.05) is 13.9 Å². The standard InChI is InChI=1S/C20H32O3Si/c1-8-9-19(23-24(6,7)20(2,3)4)15-12-17-10-13-18(14-11-17)22-16-21-5/h10-11,13-14,19H,12,15-16H2,1-7H3. The van der Waals surface area contributed by atoms with Crippen LogP contribution < -0.4 is 4.74 Å². The summed E-state index contributed by atoms with van der Waals surface area (Å²) in [5.74, 6) is 7.09. The Labute approximate surface area is 148 Å². The smallest absolute Gasteiger partial charge is 0.193 e. The summed E-state index contributed by atoms with van der Waals surface area (Å²) in [6.45, 7) is 13.5. The van der Waals surface area contributed by atoms with E-state index in [1.54, 1.807) is 7.11 Å². The number of rotatable bonds is 8. The lowest BCUT2D eigenvalue weighted by Gasteiger charge is -2.38. The lowest BCUT2D eigenvalue weighted by Crippen LogP contribution is -2.43. The van der Waals surface area contributed by atoms with Crippen LogP contribution in [0.3, 0.4) is 0 Å². The molecule has 0 amide bonds. The Morgan fingerprint density at radius 3 is 2.25 bits per heavy atom. The first-order valence-electron chi connectivity index (χ1n) is 8.50. The third-order valence-electron chi connectivity index (χ3n) is 4.51. The van der Waals surface area contributed by atoms with Gasteiger partial charge in [-0.15, -0.1) is 5.92 Å². The van der Waals surface area contributed by atoms with Crippen LogP contribution in [0.2, 0.25) is 18.1 Å². The first-order chi connectivity index (χ1) is 11.2. The fourth-order valence-electron chi connectivity index (χ4n) is 2.03. The van der Waals surface area contributed by atoms with E-state index in [4.69, 9.17) is 13.9 Å². The van der Waals surface area contributed by atoms with Crippen molar-refractivity contribution in [2.24, 2.45) is 0 Å². The first-order valence-corrected chi connectivity index (χ1v) is 11.4. The van der Waals surface area contributed by atoms with Crippen molar-refractivity contribution in [1.29, 1.82) is 0 Å². The molecule has 1 atom stereocenters. The molecule has 1 aromatic rings. The van der Waals surface area contributed by atoms with Gasteiger partial charge in [0.25, 0.3) is 0 Å². The third-order valence-corrected chi connectivity index (χ3v) is 9.00. The van der Waals surface area contributed by atoms with Crippen molar-refractivity contribution in [3.05, 3.63) is 29.8 Å². The summed E-state index contributed by atoms with van der Waals surface area (Å²) in [5.41, 5.74) is 1.27. The van der Waals surface area contributed by atoms with Gasteiger partial charge in [-0.25, -0.2) is 0 Å². The highest BCUT2D eigenvalue weighted by atomic mass is 28.4. The Morgan fingerprint density at radius 1 is 1.12 bits per heavy atom. The number of methoxy groups -OCH3 is 1. The quantitative estimate of drug-likeness (QED) is 0.375. The molecule has 134 valence electrons. The first kappa shape index (κ1) is 20.8. The van der Waals surface area contributed by atoms with E-state index >= 15 is 0 Å². The number of hydrogen-bond acceptors (Lipinski definition) is 3. The van der Waals surface area contributed by atoms with E-state index in [0.29, 0.717) is 0 Å². The molecule has 0 spiro atoms. The van der Waals surface area contributed by atoms with E-state index in [0.717, 1.165) is 18.6 Å². The van der Waals surface area contributed by atoms with E-state index in [2.05, 4.69) is 57.8 Å². The molecule has 0 N–H and O–H groups in total. The maximum absolute atomic E-state index is 6.47. The number of hydrogen-bond donors (Lipinski definition) is 0. The largest absolute Gasteiger partial charge is 0.468 e. The number of benzene rings is 1. The van der Waals surface area contributed by atoms with E-state index in [-0.39, 0.29) is 17.9 Å². The molecule has 24 heavy (non-hydrogen) atoms. The van der Waals surface area contributed by atoms with Gasteiger partial charge in [0.05, 0.1) is 0 Å². The molecule has 1 aromatic carbocycles. The summed E-state index contributed by atoms with van der Waals surface area (Å²) in [6, 6.07) is 8.13. The molecule has 1 unspecified atom stereocenters. The zero-order valence-electron chi connectivity index (χ0n) is 16.2. The second kappa shape index (κ2) is 9.27. The molecule has 0 bridgehead atoms. The summed E-state index contributed by atoms with van der Waals surface area (Å²) in [5, 5.41) is 0.195. The third kappa shape index (κ3) is 6.68. The predicted octanol–water partition coefficient (Wildman–Crippen LogP) is 5.02. The Morgan fingerprint density at radius 2 is 1.75 bits per heavy atom. The molecule has 0 saturated carbocycles. The van der Waals surface area contributed by atoms with Crippen LogP contribution in [0, 0.1) is 11.8 Å². The Hall–Kier alpha value is -1.28. The summed E-state index contributed by atoms with van der Waals surface area (Å²) in [6.07, 6.45) is 1.85. The van der Waals surface area contributed by atoms with Crippen LogP contribution in [0.15, 0.2) is 24.3 Å². The van der Waals surface area contributed by atoms with Crippen molar-refractivity contribution in [2.45, 2.75) is 64.8 Å². The normalized spacial score (nSPS) is 13.1. The number of aryl methyl sites for hydroxylation is 1. The molecule has 0 aliphatic heterocycles. The molecule has 0 heterocycles. The van der Waals surface area contributed by atoms with Gasteiger partial charge >= 0.3 is 0 Å². The van der Waals surface area contributed by atoms with Crippen LogP contribution in [0.5, 0.6) is 5.75 Å². The van der Waals surface area contributed by atoms with Gasteiger partial charge < -0.3 is 13.9 Å². The summed E-state index contributed by atoms with van der Waals surface area (Å²) < 4.78 is 16.8. The zero-order chi connectivity index (χ0) is 18.2. The molecule has 4 heteroatoms. The number of ether oxygens (including phenoxy) is 2. The highest BCUT2D eigenvalue weighted by Gasteiger charge is 2.38. The van der Waals surface area contributed by atoms with E-state index < -0.39 is 8.32 Å². The average Bonchev–Trinajstić information content (AvgIpc) is 2.50. The molecule has 0 fully saturated rings. The van der Waals surface area contributed by atoms with Gasteiger partial charge in [0, 0.05) is 7.11 Å². The van der Waals surface area contributed by atoms with Crippen LogP contribution in [0.25, 0.3) is 0 Å². The minimum absolute atomic E-state index is 0.000287. The second-order valence-corrected chi connectivity index (χ2v) is 12.3. The van der Waals surface area contributed by atoms with Crippen LogP contribution in [0.4, 0.5) is 0 Å². The monoisotopic (exact) mass is 348 g/mol. The Bertz CT molecular complexity index is 547. The van der Waals surface area contributed by atoms with E-state index in [1.165, 1.54) is 5.56 Å². The molecule has 0 aromatic heterocycles. The van der Waals surface area contributed by atoms with Crippen molar-refractivity contribution >= 4 is 8.32 Å². The van der Waals surface area contributed by atoms with Crippen LogP contribution in [0.1, 0.15) is 39.7 Å². The summed E-state index contributed by atoms with van der Waals surface area (Å²) >= 11 is 0. The zero-order valence-corrected chi connectivity index (χ0v) is 17.2. The van der Waals surface area contributed by atoms with Gasteiger partial charge in [-0.05, 0) is 55.6 Å². The lowest BCUT2D eigenvalue weighted by molar-refractivity contribution is 0.0511. The van der Waals surface area contributed by atoms with Gasteiger partial charge in [-0.2, -0.15) is 0 Å². The van der Waals surface area contributed by atoms with Gasteiger partial charge in [0.1, 0.15) is 11.9 Å². The topological polar surface area (TPSA) is 27.7 Å². The van der Waals surface area contributed by atoms with Crippen LogP contribution >= 0.6 is 0 Å². The van der Waals surface area contributed by atoms with Gasteiger partial charge in [0.15, 0.2) is 15.1 Å². The highest BCUT2D eigenvalue weighted by Crippen LogP contribution is 2.37. The summed E-state index contributed by atoms with van der Waals surface area (Å²) in [4.78, 5) is 0. The summed E-state index contributed by atoms with van der Waals surface area (Å²) in [7, 11) is -0.187. The molecular formula is C20H32O3Si. The molecule has 1 rings (SSSR count). The second-order valence-electron chi connectivity index (χ2n) is 7.49. The molecule has 3 nitrogen and oxygen atoms in total. The molecule has 0 aliphatic rings. The van der Waals surface area contributed by atoms with Gasteiger partial charge in [-0.1, -0.05) is 38.8 Å². The molecule has 0 saturated heterocycles. The van der Waals surface area contributed by atoms with Crippen LogP contribution in [-0.2, 0) is 15.6 Å². The maximum Gasteiger partial charge on any atom is 0.193 e.